The van der Waals surface area contributed by atoms with Gasteiger partial charge < -0.3 is 9.47 Å². The molecule has 21 heavy (non-hydrogen) atoms. The average Bonchev–Trinajstić information content (AvgIpc) is 2.94. The van der Waals surface area contributed by atoms with E-state index in [1.165, 1.54) is 12.1 Å². The third kappa shape index (κ3) is 2.58. The third-order valence-corrected chi connectivity index (χ3v) is 3.99. The van der Waals surface area contributed by atoms with E-state index in [1.807, 2.05) is 36.2 Å². The molecule has 3 nitrogen and oxygen atoms in total. The van der Waals surface area contributed by atoms with Crippen molar-refractivity contribution in [1.82, 2.24) is 9.47 Å². The quantitative estimate of drug-likeness (QED) is 0.849. The van der Waals surface area contributed by atoms with Crippen molar-refractivity contribution in [2.24, 2.45) is 0 Å². The van der Waals surface area contributed by atoms with Gasteiger partial charge in [-0.25, -0.2) is 4.39 Å². The molecule has 0 spiro atoms. The molecule has 0 radical (unpaired) electrons. The molecule has 0 aliphatic carbocycles. The Kier molecular flexibility index (Phi) is 3.78. The van der Waals surface area contributed by atoms with Crippen molar-refractivity contribution in [1.29, 1.82) is 0 Å². The Hall–Kier alpha value is -2.10. The highest BCUT2D eigenvalue weighted by Crippen LogP contribution is 2.33. The summed E-state index contributed by atoms with van der Waals surface area (Å²) >= 11 is 0. The van der Waals surface area contributed by atoms with Gasteiger partial charge in [-0.1, -0.05) is 19.1 Å². The van der Waals surface area contributed by atoms with Crippen molar-refractivity contribution >= 4 is 5.91 Å². The molecule has 1 aliphatic rings. The van der Waals surface area contributed by atoms with Crippen LogP contribution >= 0.6 is 0 Å². The fourth-order valence-electron chi connectivity index (χ4n) is 3.04. The minimum atomic E-state index is -0.265. The fraction of sp³-hybridized carbons (Fsp3) is 0.353. The van der Waals surface area contributed by atoms with E-state index in [2.05, 4.69) is 4.57 Å². The molecule has 0 bridgehead atoms. The summed E-state index contributed by atoms with van der Waals surface area (Å²) in [4.78, 5) is 14.3. The van der Waals surface area contributed by atoms with Crippen LogP contribution in [0.5, 0.6) is 0 Å². The summed E-state index contributed by atoms with van der Waals surface area (Å²) in [5.74, 6) is -0.127. The zero-order chi connectivity index (χ0) is 14.8. The van der Waals surface area contributed by atoms with E-state index in [-0.39, 0.29) is 17.8 Å². The van der Waals surface area contributed by atoms with Crippen LogP contribution in [0.4, 0.5) is 4.39 Å². The summed E-state index contributed by atoms with van der Waals surface area (Å²) < 4.78 is 15.7. The average molecular weight is 286 g/mol. The van der Waals surface area contributed by atoms with Crippen LogP contribution in [0.3, 0.4) is 0 Å². The molecule has 2 heterocycles. The van der Waals surface area contributed by atoms with Crippen molar-refractivity contribution in [2.45, 2.75) is 32.4 Å². The van der Waals surface area contributed by atoms with Gasteiger partial charge in [0.2, 0.25) is 5.91 Å². The highest BCUT2D eigenvalue weighted by Gasteiger charge is 2.31. The maximum absolute atomic E-state index is 13.6. The first-order valence-corrected chi connectivity index (χ1v) is 7.40. The molecule has 110 valence electrons. The van der Waals surface area contributed by atoms with Gasteiger partial charge in [0.25, 0.3) is 0 Å². The van der Waals surface area contributed by atoms with Crippen LogP contribution in [-0.4, -0.2) is 21.9 Å². The Balaban J connectivity index is 2.04. The molecule has 0 fully saturated rings. The predicted octanol–water partition coefficient (Wildman–Crippen LogP) is 3.36. The van der Waals surface area contributed by atoms with Crippen LogP contribution in [0, 0.1) is 5.82 Å². The van der Waals surface area contributed by atoms with Crippen LogP contribution in [0.15, 0.2) is 42.6 Å². The summed E-state index contributed by atoms with van der Waals surface area (Å²) in [6.07, 6.45) is 3.38. The summed E-state index contributed by atoms with van der Waals surface area (Å²) in [6.45, 7) is 3.47. The highest BCUT2D eigenvalue weighted by atomic mass is 19.1. The molecule has 0 saturated carbocycles. The molecule has 1 aromatic heterocycles. The van der Waals surface area contributed by atoms with E-state index >= 15 is 0 Å². The molecule has 1 aliphatic heterocycles. The van der Waals surface area contributed by atoms with Gasteiger partial charge in [0.15, 0.2) is 0 Å². The molecular weight excluding hydrogens is 267 g/mol. The van der Waals surface area contributed by atoms with Gasteiger partial charge in [-0.3, -0.25) is 4.79 Å². The van der Waals surface area contributed by atoms with Crippen molar-refractivity contribution in [3.63, 3.8) is 0 Å². The number of carbonyl (C=O) groups is 1. The number of hydrogen-bond acceptors (Lipinski definition) is 1. The van der Waals surface area contributed by atoms with Crippen molar-refractivity contribution < 1.29 is 9.18 Å². The predicted molar refractivity (Wildman–Crippen MR) is 79.3 cm³/mol. The Bertz CT molecular complexity index is 650. The number of benzene rings is 1. The van der Waals surface area contributed by atoms with Crippen molar-refractivity contribution in [3.05, 3.63) is 59.7 Å². The first kappa shape index (κ1) is 13.9. The Morgan fingerprint density at radius 2 is 2.14 bits per heavy atom. The van der Waals surface area contributed by atoms with Gasteiger partial charge in [-0.2, -0.15) is 0 Å². The molecule has 1 unspecified atom stereocenters. The van der Waals surface area contributed by atoms with E-state index in [1.54, 1.807) is 6.07 Å². The molecule has 3 rings (SSSR count). The first-order chi connectivity index (χ1) is 10.2. The molecular formula is C17H19FN2O. The minimum absolute atomic E-state index is 0.138. The zero-order valence-electron chi connectivity index (χ0n) is 12.1. The number of hydrogen-bond donors (Lipinski definition) is 0. The van der Waals surface area contributed by atoms with E-state index in [0.29, 0.717) is 13.0 Å². The zero-order valence-corrected chi connectivity index (χ0v) is 12.1. The lowest BCUT2D eigenvalue weighted by Gasteiger charge is -2.37. The highest BCUT2D eigenvalue weighted by molar-refractivity contribution is 5.77. The number of carbonyl (C=O) groups excluding carboxylic acids is 1. The number of nitrogens with zero attached hydrogens (tertiary/aromatic N) is 2. The molecule has 1 amide bonds. The molecule has 4 heteroatoms. The first-order valence-electron chi connectivity index (χ1n) is 7.40. The Morgan fingerprint density at radius 3 is 2.90 bits per heavy atom. The van der Waals surface area contributed by atoms with Crippen LogP contribution in [0.25, 0.3) is 0 Å². The van der Waals surface area contributed by atoms with E-state index in [0.717, 1.165) is 24.2 Å². The number of halogens is 1. The lowest BCUT2D eigenvalue weighted by molar-refractivity contribution is -0.133. The molecule has 2 aromatic rings. The number of fused-ring (bicyclic) bond motifs is 1. The summed E-state index contributed by atoms with van der Waals surface area (Å²) in [5, 5.41) is 0. The smallest absolute Gasteiger partial charge is 0.223 e. The topological polar surface area (TPSA) is 25.2 Å². The SMILES string of the molecule is CCCC(=O)N1CCn2cccc2C1c1cccc(F)c1. The number of amides is 1. The van der Waals surface area contributed by atoms with E-state index in [9.17, 15) is 9.18 Å². The van der Waals surface area contributed by atoms with Crippen molar-refractivity contribution in [2.75, 3.05) is 6.54 Å². The minimum Gasteiger partial charge on any atom is -0.348 e. The summed E-state index contributed by atoms with van der Waals surface area (Å²) in [6, 6.07) is 10.4. The third-order valence-electron chi connectivity index (χ3n) is 3.99. The molecule has 0 saturated heterocycles. The van der Waals surface area contributed by atoms with Gasteiger partial charge in [-0.15, -0.1) is 0 Å². The number of rotatable bonds is 3. The van der Waals surface area contributed by atoms with Gasteiger partial charge >= 0.3 is 0 Å². The standard InChI is InChI=1S/C17H19FN2O/c1-2-5-16(21)20-11-10-19-9-4-8-15(19)17(20)13-6-3-7-14(18)12-13/h3-4,6-9,12,17H,2,5,10-11H2,1H3. The largest absolute Gasteiger partial charge is 0.348 e. The monoisotopic (exact) mass is 286 g/mol. The lowest BCUT2D eigenvalue weighted by atomic mass is 9.99. The van der Waals surface area contributed by atoms with E-state index in [4.69, 9.17) is 0 Å². The molecule has 1 aromatic carbocycles. The molecule has 1 atom stereocenters. The summed E-state index contributed by atoms with van der Waals surface area (Å²) in [5.41, 5.74) is 1.88. The van der Waals surface area contributed by atoms with Crippen LogP contribution in [-0.2, 0) is 11.3 Å². The second-order valence-corrected chi connectivity index (χ2v) is 5.42. The van der Waals surface area contributed by atoms with Crippen LogP contribution in [0.2, 0.25) is 0 Å². The second kappa shape index (κ2) is 5.72. The van der Waals surface area contributed by atoms with Gasteiger partial charge in [-0.05, 0) is 36.2 Å². The van der Waals surface area contributed by atoms with Gasteiger partial charge in [0, 0.05) is 31.4 Å². The van der Waals surface area contributed by atoms with E-state index < -0.39 is 0 Å². The normalized spacial score (nSPS) is 17.6. The lowest BCUT2D eigenvalue weighted by Crippen LogP contribution is -2.42. The Morgan fingerprint density at radius 1 is 1.29 bits per heavy atom. The fourth-order valence-corrected chi connectivity index (χ4v) is 3.04. The maximum atomic E-state index is 13.6. The van der Waals surface area contributed by atoms with Gasteiger partial charge in [0.1, 0.15) is 5.82 Å². The second-order valence-electron chi connectivity index (χ2n) is 5.42. The number of aromatic nitrogens is 1. The summed E-state index contributed by atoms with van der Waals surface area (Å²) in [7, 11) is 0. The van der Waals surface area contributed by atoms with Crippen LogP contribution < -0.4 is 0 Å². The maximum Gasteiger partial charge on any atom is 0.223 e. The molecule has 0 N–H and O–H groups in total. The Labute approximate surface area is 124 Å². The van der Waals surface area contributed by atoms with Gasteiger partial charge in [0.05, 0.1) is 6.04 Å². The van der Waals surface area contributed by atoms with Crippen molar-refractivity contribution in [3.8, 4) is 0 Å². The van der Waals surface area contributed by atoms with Crippen LogP contribution in [0.1, 0.15) is 37.1 Å².